The zero-order valence-electron chi connectivity index (χ0n) is 22.9. The number of carbonyl (C=O) groups is 1. The molecule has 1 aliphatic rings. The first-order valence-corrected chi connectivity index (χ1v) is 13.5. The van der Waals surface area contributed by atoms with E-state index in [-0.39, 0.29) is 18.1 Å². The molecule has 1 aliphatic carbocycles. The zero-order valence-corrected chi connectivity index (χ0v) is 22.9. The molecular weight excluding hydrogens is 460 g/mol. The topological polar surface area (TPSA) is 60.5 Å². The highest BCUT2D eigenvalue weighted by molar-refractivity contribution is 5.72. The number of pyridine rings is 1. The first-order chi connectivity index (χ1) is 17.8. The fourth-order valence-corrected chi connectivity index (χ4v) is 5.03. The molecule has 2 aromatic carbocycles. The Kier molecular flexibility index (Phi) is 8.99. The van der Waals surface area contributed by atoms with E-state index in [1.54, 1.807) is 7.11 Å². The number of hydrogen-bond donors (Lipinski definition) is 1. The van der Waals surface area contributed by atoms with Crippen molar-refractivity contribution < 1.29 is 14.3 Å². The van der Waals surface area contributed by atoms with E-state index in [4.69, 9.17) is 14.5 Å². The van der Waals surface area contributed by atoms with Crippen molar-refractivity contribution in [2.75, 3.05) is 7.11 Å². The maximum Gasteiger partial charge on any atom is 0.306 e. The molecule has 0 saturated carbocycles. The number of carbonyl (C=O) groups excluding carboxylic acids is 1. The lowest BCUT2D eigenvalue weighted by Gasteiger charge is -2.23. The summed E-state index contributed by atoms with van der Waals surface area (Å²) in [7, 11) is 1.70. The quantitative estimate of drug-likeness (QED) is 0.315. The van der Waals surface area contributed by atoms with Gasteiger partial charge in [-0.3, -0.25) is 9.78 Å². The van der Waals surface area contributed by atoms with Crippen LogP contribution in [0.3, 0.4) is 0 Å². The monoisotopic (exact) mass is 500 g/mol. The Morgan fingerprint density at radius 3 is 2.65 bits per heavy atom. The molecule has 0 radical (unpaired) electrons. The maximum atomic E-state index is 12.2. The molecule has 5 nitrogen and oxygen atoms in total. The van der Waals surface area contributed by atoms with Crippen LogP contribution >= 0.6 is 0 Å². The molecule has 37 heavy (non-hydrogen) atoms. The second-order valence-electron chi connectivity index (χ2n) is 10.4. The van der Waals surface area contributed by atoms with Gasteiger partial charge in [0.2, 0.25) is 0 Å². The number of fused-ring (bicyclic) bond motifs is 1. The summed E-state index contributed by atoms with van der Waals surface area (Å²) in [6.45, 7) is 8.82. The van der Waals surface area contributed by atoms with Gasteiger partial charge in [0.05, 0.1) is 18.9 Å². The van der Waals surface area contributed by atoms with Crippen molar-refractivity contribution in [1.82, 2.24) is 10.3 Å². The number of nitrogens with one attached hydrogen (secondary N) is 1. The third-order valence-electron chi connectivity index (χ3n) is 7.14. The van der Waals surface area contributed by atoms with E-state index in [9.17, 15) is 4.79 Å². The van der Waals surface area contributed by atoms with Gasteiger partial charge < -0.3 is 14.8 Å². The Morgan fingerprint density at radius 1 is 1.05 bits per heavy atom. The molecule has 1 unspecified atom stereocenters. The van der Waals surface area contributed by atoms with Crippen LogP contribution in [0.25, 0.3) is 11.1 Å². The number of ether oxygens (including phenoxy) is 2. The average molecular weight is 501 g/mol. The maximum absolute atomic E-state index is 12.2. The molecular formula is C32H40N2O3. The SMILES string of the molecule is COc1cccc(CNC(C)c2cc(-c3ccc(C)c(CCC(=O)OC(C)C)c3)c3c(n2)CCCC3)c1. The van der Waals surface area contributed by atoms with Crippen LogP contribution in [0.4, 0.5) is 0 Å². The van der Waals surface area contributed by atoms with E-state index in [0.717, 1.165) is 30.8 Å². The summed E-state index contributed by atoms with van der Waals surface area (Å²) in [4.78, 5) is 17.3. The fourth-order valence-electron chi connectivity index (χ4n) is 5.03. The lowest BCUT2D eigenvalue weighted by molar-refractivity contribution is -0.147. The van der Waals surface area contributed by atoms with Crippen LogP contribution in [0.1, 0.15) is 79.7 Å². The summed E-state index contributed by atoms with van der Waals surface area (Å²) < 4.78 is 10.7. The highest BCUT2D eigenvalue weighted by Gasteiger charge is 2.20. The van der Waals surface area contributed by atoms with E-state index in [1.807, 2.05) is 26.0 Å². The minimum Gasteiger partial charge on any atom is -0.497 e. The molecule has 1 aromatic heterocycles. The van der Waals surface area contributed by atoms with Crippen LogP contribution in [0, 0.1) is 6.92 Å². The van der Waals surface area contributed by atoms with Gasteiger partial charge in [0.25, 0.3) is 0 Å². The van der Waals surface area contributed by atoms with Gasteiger partial charge in [-0.2, -0.15) is 0 Å². The number of hydrogen-bond acceptors (Lipinski definition) is 5. The summed E-state index contributed by atoms with van der Waals surface area (Å²) in [6.07, 6.45) is 5.47. The first kappa shape index (κ1) is 26.9. The molecule has 1 heterocycles. The molecule has 0 fully saturated rings. The summed E-state index contributed by atoms with van der Waals surface area (Å²) in [5.74, 6) is 0.730. The van der Waals surface area contributed by atoms with Crippen molar-refractivity contribution in [3.05, 3.63) is 82.2 Å². The highest BCUT2D eigenvalue weighted by atomic mass is 16.5. The summed E-state index contributed by atoms with van der Waals surface area (Å²) in [5.41, 5.74) is 9.76. The first-order valence-electron chi connectivity index (χ1n) is 13.5. The van der Waals surface area contributed by atoms with Gasteiger partial charge >= 0.3 is 5.97 Å². The van der Waals surface area contributed by atoms with Crippen molar-refractivity contribution >= 4 is 5.97 Å². The normalized spacial score (nSPS) is 13.8. The van der Waals surface area contributed by atoms with E-state index < -0.39 is 0 Å². The lowest BCUT2D eigenvalue weighted by atomic mass is 9.87. The molecule has 1 atom stereocenters. The third-order valence-corrected chi connectivity index (χ3v) is 7.14. The molecule has 0 saturated heterocycles. The number of esters is 1. The van der Waals surface area contributed by atoms with Crippen LogP contribution in [-0.4, -0.2) is 24.2 Å². The number of methoxy groups -OCH3 is 1. The van der Waals surface area contributed by atoms with Crippen LogP contribution in [0.5, 0.6) is 5.75 Å². The minimum atomic E-state index is -0.140. The van der Waals surface area contributed by atoms with Crippen molar-refractivity contribution in [3.8, 4) is 16.9 Å². The Hall–Kier alpha value is -3.18. The predicted octanol–water partition coefficient (Wildman–Crippen LogP) is 6.68. The average Bonchev–Trinajstić information content (AvgIpc) is 2.90. The number of aryl methyl sites for hydroxylation is 3. The molecule has 196 valence electrons. The van der Waals surface area contributed by atoms with E-state index in [1.165, 1.54) is 51.9 Å². The second kappa shape index (κ2) is 12.4. The van der Waals surface area contributed by atoms with Crippen LogP contribution < -0.4 is 10.1 Å². The standard InChI is InChI=1S/C32H40N2O3/c1-21(2)37-32(35)16-15-25-18-26(14-13-22(25)3)29-19-31(34-30-12-7-6-11-28(29)30)23(4)33-20-24-9-8-10-27(17-24)36-5/h8-10,13-14,17-19,21,23,33H,6-7,11-12,15-16,20H2,1-5H3. The van der Waals surface area contributed by atoms with Gasteiger partial charge in [0.1, 0.15) is 5.75 Å². The van der Waals surface area contributed by atoms with E-state index in [2.05, 4.69) is 55.6 Å². The Labute approximate surface area is 221 Å². The second-order valence-corrected chi connectivity index (χ2v) is 10.4. The summed E-state index contributed by atoms with van der Waals surface area (Å²) >= 11 is 0. The number of benzene rings is 2. The summed E-state index contributed by atoms with van der Waals surface area (Å²) in [5, 5.41) is 3.65. The van der Waals surface area contributed by atoms with Gasteiger partial charge in [-0.05, 0) is 111 Å². The third kappa shape index (κ3) is 6.98. The molecule has 4 rings (SSSR count). The molecule has 0 aliphatic heterocycles. The number of nitrogens with zero attached hydrogens (tertiary/aromatic N) is 1. The predicted molar refractivity (Wildman–Crippen MR) is 149 cm³/mol. The molecule has 1 N–H and O–H groups in total. The van der Waals surface area contributed by atoms with E-state index >= 15 is 0 Å². The molecule has 0 amide bonds. The van der Waals surface area contributed by atoms with Crippen molar-refractivity contribution in [3.63, 3.8) is 0 Å². The van der Waals surface area contributed by atoms with Gasteiger partial charge in [0, 0.05) is 24.7 Å². The fraction of sp³-hybridized carbons (Fsp3) is 0.438. The molecule has 0 spiro atoms. The van der Waals surface area contributed by atoms with Crippen LogP contribution in [0.2, 0.25) is 0 Å². The highest BCUT2D eigenvalue weighted by Crippen LogP contribution is 2.34. The Balaban J connectivity index is 1.59. The van der Waals surface area contributed by atoms with Crippen molar-refractivity contribution in [2.24, 2.45) is 0 Å². The van der Waals surface area contributed by atoms with E-state index in [0.29, 0.717) is 12.8 Å². The van der Waals surface area contributed by atoms with Crippen molar-refractivity contribution in [2.45, 2.75) is 84.9 Å². The summed E-state index contributed by atoms with van der Waals surface area (Å²) in [6, 6.07) is 17.2. The number of aromatic nitrogens is 1. The Morgan fingerprint density at radius 2 is 1.86 bits per heavy atom. The Bertz CT molecular complexity index is 1230. The molecule has 0 bridgehead atoms. The van der Waals surface area contributed by atoms with Gasteiger partial charge in [0.15, 0.2) is 0 Å². The van der Waals surface area contributed by atoms with Gasteiger partial charge in [-0.15, -0.1) is 0 Å². The number of rotatable bonds is 10. The zero-order chi connectivity index (χ0) is 26.4. The van der Waals surface area contributed by atoms with Crippen LogP contribution in [0.15, 0.2) is 48.5 Å². The minimum absolute atomic E-state index is 0.0822. The van der Waals surface area contributed by atoms with Crippen LogP contribution in [-0.2, 0) is 35.3 Å². The smallest absolute Gasteiger partial charge is 0.306 e. The largest absolute Gasteiger partial charge is 0.497 e. The molecule has 5 heteroatoms. The van der Waals surface area contributed by atoms with Crippen molar-refractivity contribution in [1.29, 1.82) is 0 Å². The van der Waals surface area contributed by atoms with Gasteiger partial charge in [-0.25, -0.2) is 0 Å². The molecule has 3 aromatic rings. The van der Waals surface area contributed by atoms with Gasteiger partial charge in [-0.1, -0.05) is 30.3 Å². The lowest BCUT2D eigenvalue weighted by Crippen LogP contribution is -2.21.